The summed E-state index contributed by atoms with van der Waals surface area (Å²) < 4.78 is 2.10. The molecule has 1 amide bonds. The lowest BCUT2D eigenvalue weighted by Gasteiger charge is -2.18. The first-order valence-corrected chi connectivity index (χ1v) is 10.2. The Bertz CT molecular complexity index is 745. The Hall–Kier alpha value is -1.86. The lowest BCUT2D eigenvalue weighted by Crippen LogP contribution is -2.40. The van der Waals surface area contributed by atoms with Gasteiger partial charge >= 0.3 is 0 Å². The van der Waals surface area contributed by atoms with Crippen molar-refractivity contribution in [3.63, 3.8) is 0 Å². The number of carbonyl (C=O) groups excluding carboxylic acids is 1. The third kappa shape index (κ3) is 4.27. The third-order valence-corrected chi connectivity index (χ3v) is 6.07. The van der Waals surface area contributed by atoms with Gasteiger partial charge < -0.3 is 9.88 Å². The Morgan fingerprint density at radius 3 is 2.88 bits per heavy atom. The number of nitrogens with zero attached hydrogens (tertiary/aromatic N) is 4. The Morgan fingerprint density at radius 1 is 1.31 bits per heavy atom. The highest BCUT2D eigenvalue weighted by molar-refractivity contribution is 8.00. The summed E-state index contributed by atoms with van der Waals surface area (Å²) in [5, 5.41) is 12.1. The summed E-state index contributed by atoms with van der Waals surface area (Å²) in [4.78, 5) is 15.0. The second-order valence-corrected chi connectivity index (χ2v) is 8.53. The summed E-state index contributed by atoms with van der Waals surface area (Å²) in [5.74, 6) is 0.0897. The number of likely N-dealkylation sites (tertiary alicyclic amines) is 1. The van der Waals surface area contributed by atoms with Crippen molar-refractivity contribution in [2.24, 2.45) is 0 Å². The second kappa shape index (κ2) is 7.80. The third-order valence-electron chi connectivity index (χ3n) is 5.00. The van der Waals surface area contributed by atoms with E-state index in [1.165, 1.54) is 30.2 Å². The minimum absolute atomic E-state index is 0.0897. The van der Waals surface area contributed by atoms with Gasteiger partial charge in [0.15, 0.2) is 5.16 Å². The molecule has 1 aliphatic carbocycles. The fourth-order valence-corrected chi connectivity index (χ4v) is 4.29. The number of aromatic nitrogens is 3. The van der Waals surface area contributed by atoms with Crippen molar-refractivity contribution in [3.8, 4) is 0 Å². The Kier molecular flexibility index (Phi) is 5.26. The van der Waals surface area contributed by atoms with Crippen LogP contribution in [0.4, 0.5) is 0 Å². The fourth-order valence-electron chi connectivity index (χ4n) is 3.39. The van der Waals surface area contributed by atoms with Gasteiger partial charge in [-0.2, -0.15) is 0 Å². The maximum Gasteiger partial charge on any atom is 0.233 e. The molecular formula is C19H25N5OS. The number of hydrogen-bond donors (Lipinski definition) is 1. The lowest BCUT2D eigenvalue weighted by atomic mass is 10.2. The standard InChI is InChI=1S/C19H25N5OS/c1-14(26-19-22-20-13-24(19)17-7-8-17)18(25)21-16-9-10-23(12-16)11-15-5-3-2-4-6-15/h2-6,13-14,16-17H,7-12H2,1H3,(H,21,25). The first-order valence-electron chi connectivity index (χ1n) is 9.32. The summed E-state index contributed by atoms with van der Waals surface area (Å²) in [7, 11) is 0. The number of nitrogens with one attached hydrogen (secondary N) is 1. The van der Waals surface area contributed by atoms with Crippen molar-refractivity contribution in [2.75, 3.05) is 13.1 Å². The minimum Gasteiger partial charge on any atom is -0.351 e. The van der Waals surface area contributed by atoms with Crippen LogP contribution in [-0.2, 0) is 11.3 Å². The van der Waals surface area contributed by atoms with Crippen LogP contribution >= 0.6 is 11.8 Å². The zero-order chi connectivity index (χ0) is 17.9. The maximum atomic E-state index is 12.6. The van der Waals surface area contributed by atoms with Crippen LogP contribution in [0.3, 0.4) is 0 Å². The summed E-state index contributed by atoms with van der Waals surface area (Å²) in [5.41, 5.74) is 1.32. The van der Waals surface area contributed by atoms with Gasteiger partial charge in [-0.1, -0.05) is 42.1 Å². The van der Waals surface area contributed by atoms with Crippen molar-refractivity contribution >= 4 is 17.7 Å². The molecule has 2 atom stereocenters. The van der Waals surface area contributed by atoms with Gasteiger partial charge in [-0.25, -0.2) is 0 Å². The van der Waals surface area contributed by atoms with Crippen molar-refractivity contribution < 1.29 is 4.79 Å². The van der Waals surface area contributed by atoms with Crippen molar-refractivity contribution in [2.45, 2.75) is 55.2 Å². The van der Waals surface area contributed by atoms with E-state index in [-0.39, 0.29) is 17.2 Å². The van der Waals surface area contributed by atoms with Gasteiger partial charge in [0.1, 0.15) is 6.33 Å². The van der Waals surface area contributed by atoms with E-state index in [0.29, 0.717) is 6.04 Å². The molecule has 2 aliphatic rings. The second-order valence-electron chi connectivity index (χ2n) is 7.23. The largest absolute Gasteiger partial charge is 0.351 e. The normalized spacial score (nSPS) is 21.7. The zero-order valence-corrected chi connectivity index (χ0v) is 15.9. The quantitative estimate of drug-likeness (QED) is 0.758. The van der Waals surface area contributed by atoms with Crippen molar-refractivity contribution in [1.82, 2.24) is 25.0 Å². The van der Waals surface area contributed by atoms with Crippen LogP contribution in [0.15, 0.2) is 41.8 Å². The summed E-state index contributed by atoms with van der Waals surface area (Å²) in [6, 6.07) is 11.3. The molecule has 0 radical (unpaired) electrons. The number of rotatable bonds is 7. The van der Waals surface area contributed by atoms with Crippen LogP contribution in [0.1, 0.15) is 37.8 Å². The highest BCUT2D eigenvalue weighted by Gasteiger charge is 2.29. The molecule has 1 aliphatic heterocycles. The molecule has 4 rings (SSSR count). The molecule has 2 heterocycles. The molecule has 138 valence electrons. The molecule has 1 aromatic carbocycles. The van der Waals surface area contributed by atoms with Crippen molar-refractivity contribution in [3.05, 3.63) is 42.2 Å². The van der Waals surface area contributed by atoms with Crippen LogP contribution in [0, 0.1) is 0 Å². The van der Waals surface area contributed by atoms with Gasteiger partial charge in [0.2, 0.25) is 5.91 Å². The predicted octanol–water partition coefficient (Wildman–Crippen LogP) is 2.48. The first kappa shape index (κ1) is 17.5. The molecular weight excluding hydrogens is 346 g/mol. The van der Waals surface area contributed by atoms with E-state index in [4.69, 9.17) is 0 Å². The van der Waals surface area contributed by atoms with Crippen LogP contribution in [0.25, 0.3) is 0 Å². The molecule has 1 aromatic heterocycles. The minimum atomic E-state index is -0.167. The summed E-state index contributed by atoms with van der Waals surface area (Å²) in [6.45, 7) is 4.83. The van der Waals surface area contributed by atoms with E-state index in [9.17, 15) is 4.79 Å². The maximum absolute atomic E-state index is 12.6. The molecule has 0 spiro atoms. The molecule has 1 saturated heterocycles. The summed E-state index contributed by atoms with van der Waals surface area (Å²) >= 11 is 1.50. The highest BCUT2D eigenvalue weighted by atomic mass is 32.2. The van der Waals surface area contributed by atoms with E-state index < -0.39 is 0 Å². The molecule has 2 aromatic rings. The topological polar surface area (TPSA) is 63.1 Å². The first-order chi connectivity index (χ1) is 12.7. The van der Waals surface area contributed by atoms with Gasteiger partial charge in [0.25, 0.3) is 0 Å². The Balaban J connectivity index is 1.26. The van der Waals surface area contributed by atoms with Crippen molar-refractivity contribution in [1.29, 1.82) is 0 Å². The average molecular weight is 372 g/mol. The zero-order valence-electron chi connectivity index (χ0n) is 15.0. The number of amides is 1. The SMILES string of the molecule is CC(Sc1nncn1C1CC1)C(=O)NC1CCN(Cc2ccccc2)C1. The fraction of sp³-hybridized carbons (Fsp3) is 0.526. The number of benzene rings is 1. The van der Waals surface area contributed by atoms with Gasteiger partial charge in [0, 0.05) is 31.7 Å². The molecule has 6 nitrogen and oxygen atoms in total. The number of hydrogen-bond acceptors (Lipinski definition) is 5. The lowest BCUT2D eigenvalue weighted by molar-refractivity contribution is -0.120. The van der Waals surface area contributed by atoms with E-state index in [1.807, 2.05) is 13.0 Å². The highest BCUT2D eigenvalue weighted by Crippen LogP contribution is 2.38. The van der Waals surface area contributed by atoms with Gasteiger partial charge in [-0.3, -0.25) is 9.69 Å². The molecule has 0 bridgehead atoms. The Labute approximate surface area is 158 Å². The van der Waals surface area contributed by atoms with Crippen LogP contribution in [0.5, 0.6) is 0 Å². The molecule has 26 heavy (non-hydrogen) atoms. The predicted molar refractivity (Wildman–Crippen MR) is 102 cm³/mol. The Morgan fingerprint density at radius 2 is 2.12 bits per heavy atom. The molecule has 7 heteroatoms. The van der Waals surface area contributed by atoms with Gasteiger partial charge in [-0.05, 0) is 31.7 Å². The van der Waals surface area contributed by atoms with E-state index in [1.54, 1.807) is 6.33 Å². The van der Waals surface area contributed by atoms with Crippen LogP contribution in [-0.4, -0.2) is 50.0 Å². The molecule has 2 unspecified atom stereocenters. The van der Waals surface area contributed by atoms with Gasteiger partial charge in [0.05, 0.1) is 5.25 Å². The smallest absolute Gasteiger partial charge is 0.233 e. The van der Waals surface area contributed by atoms with E-state index in [0.717, 1.165) is 31.2 Å². The van der Waals surface area contributed by atoms with Crippen LogP contribution < -0.4 is 5.32 Å². The summed E-state index contributed by atoms with van der Waals surface area (Å²) in [6.07, 6.45) is 5.16. The molecule has 1 saturated carbocycles. The van der Waals surface area contributed by atoms with E-state index >= 15 is 0 Å². The molecule has 2 fully saturated rings. The van der Waals surface area contributed by atoms with E-state index in [2.05, 4.69) is 49.2 Å². The number of thioether (sulfide) groups is 1. The average Bonchev–Trinajstić information content (AvgIpc) is 3.23. The molecule has 1 N–H and O–H groups in total. The van der Waals surface area contributed by atoms with Gasteiger partial charge in [-0.15, -0.1) is 10.2 Å². The monoisotopic (exact) mass is 371 g/mol. The number of carbonyl (C=O) groups is 1. The van der Waals surface area contributed by atoms with Crippen LogP contribution in [0.2, 0.25) is 0 Å².